The molecule has 27 heavy (non-hydrogen) atoms. The van der Waals surface area contributed by atoms with Gasteiger partial charge in [-0.2, -0.15) is 5.10 Å². The van der Waals surface area contributed by atoms with E-state index in [1.54, 1.807) is 17.4 Å². The second-order valence-corrected chi connectivity index (χ2v) is 7.94. The number of primary amides is 1. The number of carbonyl (C=O) groups excluding carboxylic acids is 1. The molecular formula is C21H19N3O2S. The Morgan fingerprint density at radius 1 is 1.19 bits per heavy atom. The van der Waals surface area contributed by atoms with Crippen LogP contribution in [0.5, 0.6) is 0 Å². The molecule has 0 bridgehead atoms. The molecule has 1 aliphatic rings. The minimum absolute atomic E-state index is 0.0659. The van der Waals surface area contributed by atoms with Crippen LogP contribution >= 0.6 is 11.3 Å². The van der Waals surface area contributed by atoms with Crippen LogP contribution in [-0.2, 0) is 4.74 Å². The maximum absolute atomic E-state index is 11.7. The van der Waals surface area contributed by atoms with E-state index in [1.165, 1.54) is 10.1 Å². The number of thiophene rings is 1. The highest BCUT2D eigenvalue weighted by atomic mass is 32.1. The first-order chi connectivity index (χ1) is 13.2. The van der Waals surface area contributed by atoms with E-state index in [9.17, 15) is 4.79 Å². The van der Waals surface area contributed by atoms with Crippen molar-refractivity contribution in [3.63, 3.8) is 0 Å². The van der Waals surface area contributed by atoms with Gasteiger partial charge in [-0.15, -0.1) is 11.3 Å². The first-order valence-electron chi connectivity index (χ1n) is 9.13. The minimum Gasteiger partial charge on any atom is -0.366 e. The predicted octanol–water partition coefficient (Wildman–Crippen LogP) is 4.72. The summed E-state index contributed by atoms with van der Waals surface area (Å²) in [5.41, 5.74) is 7.86. The van der Waals surface area contributed by atoms with Gasteiger partial charge in [0.25, 0.3) is 0 Å². The van der Waals surface area contributed by atoms with Crippen molar-refractivity contribution in [2.24, 2.45) is 5.73 Å². The smallest absolute Gasteiger partial charge is 0.248 e. The Morgan fingerprint density at radius 3 is 2.85 bits per heavy atom. The number of aromatic nitrogens is 2. The molecule has 5 nitrogen and oxygen atoms in total. The summed E-state index contributed by atoms with van der Waals surface area (Å²) in [6, 6.07) is 16.0. The molecule has 2 N–H and O–H groups in total. The van der Waals surface area contributed by atoms with Gasteiger partial charge in [-0.05, 0) is 55.0 Å². The van der Waals surface area contributed by atoms with Crippen LogP contribution in [0.15, 0.2) is 48.5 Å². The molecule has 0 radical (unpaired) electrons. The molecule has 0 spiro atoms. The normalized spacial score (nSPS) is 17.6. The third-order valence-electron chi connectivity index (χ3n) is 5.08. The van der Waals surface area contributed by atoms with E-state index >= 15 is 0 Å². The fourth-order valence-corrected chi connectivity index (χ4v) is 4.77. The summed E-state index contributed by atoms with van der Waals surface area (Å²) in [4.78, 5) is 12.8. The van der Waals surface area contributed by atoms with E-state index in [-0.39, 0.29) is 6.23 Å². The zero-order valence-corrected chi connectivity index (χ0v) is 15.5. The Labute approximate surface area is 160 Å². The van der Waals surface area contributed by atoms with Crippen LogP contribution in [0.4, 0.5) is 0 Å². The Kier molecular flexibility index (Phi) is 3.95. The molecule has 1 saturated heterocycles. The molecule has 5 rings (SSSR count). The van der Waals surface area contributed by atoms with E-state index in [2.05, 4.69) is 18.2 Å². The van der Waals surface area contributed by atoms with Crippen molar-refractivity contribution in [3.8, 4) is 10.6 Å². The van der Waals surface area contributed by atoms with Crippen LogP contribution in [-0.4, -0.2) is 22.3 Å². The Balaban J connectivity index is 1.73. The first-order valence-corrected chi connectivity index (χ1v) is 9.95. The van der Waals surface area contributed by atoms with E-state index in [0.29, 0.717) is 5.56 Å². The van der Waals surface area contributed by atoms with Crippen molar-refractivity contribution < 1.29 is 9.53 Å². The van der Waals surface area contributed by atoms with Gasteiger partial charge >= 0.3 is 0 Å². The molecule has 6 heteroatoms. The highest BCUT2D eigenvalue weighted by molar-refractivity contribution is 7.22. The Hall–Kier alpha value is -2.70. The van der Waals surface area contributed by atoms with Gasteiger partial charge in [0.2, 0.25) is 5.91 Å². The van der Waals surface area contributed by atoms with Crippen molar-refractivity contribution >= 4 is 38.2 Å². The first kappa shape index (κ1) is 16.5. The average molecular weight is 377 g/mol. The molecule has 136 valence electrons. The fraction of sp³-hybridized carbons (Fsp3) is 0.238. The summed E-state index contributed by atoms with van der Waals surface area (Å²) < 4.78 is 9.16. The molecule has 2 aromatic heterocycles. The SMILES string of the molecule is NC(=O)c1ccc2c(c1)c(-c1cc3ccccc3s1)nn2C1CCCCO1. The molecule has 0 aliphatic carbocycles. The van der Waals surface area contributed by atoms with E-state index in [1.807, 2.05) is 28.9 Å². The number of fused-ring (bicyclic) bond motifs is 2. The summed E-state index contributed by atoms with van der Waals surface area (Å²) in [5, 5.41) is 7.06. The van der Waals surface area contributed by atoms with Crippen molar-refractivity contribution in [1.82, 2.24) is 9.78 Å². The largest absolute Gasteiger partial charge is 0.366 e. The van der Waals surface area contributed by atoms with Gasteiger partial charge in [0.15, 0.2) is 6.23 Å². The molecule has 4 aromatic rings. The Bertz CT molecular complexity index is 1120. The van der Waals surface area contributed by atoms with Gasteiger partial charge in [0.1, 0.15) is 5.69 Å². The quantitative estimate of drug-likeness (QED) is 0.562. The predicted molar refractivity (Wildman–Crippen MR) is 108 cm³/mol. The number of rotatable bonds is 3. The van der Waals surface area contributed by atoms with Crippen LogP contribution in [0.2, 0.25) is 0 Å². The minimum atomic E-state index is -0.430. The summed E-state index contributed by atoms with van der Waals surface area (Å²) in [6.07, 6.45) is 3.10. The number of carbonyl (C=O) groups is 1. The molecule has 1 amide bonds. The van der Waals surface area contributed by atoms with Gasteiger partial charge < -0.3 is 10.5 Å². The molecule has 3 heterocycles. The lowest BCUT2D eigenvalue weighted by Gasteiger charge is -2.23. The average Bonchev–Trinajstić information content (AvgIpc) is 3.29. The molecule has 2 aromatic carbocycles. The Morgan fingerprint density at radius 2 is 2.07 bits per heavy atom. The van der Waals surface area contributed by atoms with E-state index in [0.717, 1.165) is 47.3 Å². The monoisotopic (exact) mass is 377 g/mol. The topological polar surface area (TPSA) is 70.1 Å². The lowest BCUT2D eigenvalue weighted by molar-refractivity contribution is -0.0365. The zero-order chi connectivity index (χ0) is 18.4. The second kappa shape index (κ2) is 6.48. The van der Waals surface area contributed by atoms with E-state index < -0.39 is 5.91 Å². The maximum atomic E-state index is 11.7. The molecule has 1 fully saturated rings. The van der Waals surface area contributed by atoms with Crippen LogP contribution in [0, 0.1) is 0 Å². The van der Waals surface area contributed by atoms with Crippen molar-refractivity contribution in [2.45, 2.75) is 25.5 Å². The zero-order valence-electron chi connectivity index (χ0n) is 14.7. The molecular weight excluding hydrogens is 358 g/mol. The third-order valence-corrected chi connectivity index (χ3v) is 6.20. The van der Waals surface area contributed by atoms with Crippen molar-refractivity contribution in [1.29, 1.82) is 0 Å². The maximum Gasteiger partial charge on any atom is 0.248 e. The summed E-state index contributed by atoms with van der Waals surface area (Å²) in [7, 11) is 0. The summed E-state index contributed by atoms with van der Waals surface area (Å²) in [6.45, 7) is 0.754. The molecule has 1 unspecified atom stereocenters. The highest BCUT2D eigenvalue weighted by Gasteiger charge is 2.23. The van der Waals surface area contributed by atoms with Gasteiger partial charge in [-0.25, -0.2) is 4.68 Å². The molecule has 0 saturated carbocycles. The summed E-state index contributed by atoms with van der Waals surface area (Å²) >= 11 is 1.71. The lowest BCUT2D eigenvalue weighted by atomic mass is 10.1. The molecule has 1 aliphatic heterocycles. The number of hydrogen-bond acceptors (Lipinski definition) is 4. The van der Waals surface area contributed by atoms with Crippen LogP contribution in [0.25, 0.3) is 31.6 Å². The number of nitrogens with zero attached hydrogens (tertiary/aromatic N) is 2. The number of nitrogens with two attached hydrogens (primary N) is 1. The van der Waals surface area contributed by atoms with Crippen molar-refractivity contribution in [2.75, 3.05) is 6.61 Å². The van der Waals surface area contributed by atoms with Gasteiger partial charge in [0, 0.05) is 22.3 Å². The molecule has 1 atom stereocenters. The lowest BCUT2D eigenvalue weighted by Crippen LogP contribution is -2.19. The fourth-order valence-electron chi connectivity index (χ4n) is 3.71. The standard InChI is InChI=1S/C21H19N3O2S/c22-21(25)14-8-9-16-15(11-14)20(23-24(16)19-7-3-4-10-26-19)18-12-13-5-1-2-6-17(13)27-18/h1-2,5-6,8-9,11-12,19H,3-4,7,10H2,(H2,22,25). The number of amides is 1. The number of hydrogen-bond donors (Lipinski definition) is 1. The van der Waals surface area contributed by atoms with Crippen LogP contribution < -0.4 is 5.73 Å². The van der Waals surface area contributed by atoms with Crippen LogP contribution in [0.3, 0.4) is 0 Å². The van der Waals surface area contributed by atoms with Gasteiger partial charge in [-0.1, -0.05) is 18.2 Å². The summed E-state index contributed by atoms with van der Waals surface area (Å²) in [5.74, 6) is -0.430. The van der Waals surface area contributed by atoms with Gasteiger partial charge in [-0.3, -0.25) is 4.79 Å². The number of ether oxygens (including phenoxy) is 1. The second-order valence-electron chi connectivity index (χ2n) is 6.86. The van der Waals surface area contributed by atoms with Crippen LogP contribution in [0.1, 0.15) is 35.8 Å². The third kappa shape index (κ3) is 2.81. The number of benzene rings is 2. The van der Waals surface area contributed by atoms with Gasteiger partial charge in [0.05, 0.1) is 10.4 Å². The van der Waals surface area contributed by atoms with E-state index in [4.69, 9.17) is 15.6 Å². The highest BCUT2D eigenvalue weighted by Crippen LogP contribution is 2.38. The van der Waals surface area contributed by atoms with Crippen molar-refractivity contribution in [3.05, 3.63) is 54.1 Å².